The monoisotopic (exact) mass is 231 g/mol. The Morgan fingerprint density at radius 3 is 2.53 bits per heavy atom. The maximum Gasteiger partial charge on any atom is 0.0951 e. The standard InChI is InChI=1S/C14H21N3/c1-14(2,15)10-6-16-7-17(10)13-11-8-3-4-9(5-8)12(11)13/h6-9,11-13H,3-5,15H2,1-2H3. The molecule has 1 aromatic heterocycles. The van der Waals surface area contributed by atoms with Gasteiger partial charge in [-0.2, -0.15) is 0 Å². The van der Waals surface area contributed by atoms with Gasteiger partial charge < -0.3 is 10.3 Å². The molecule has 2 bridgehead atoms. The molecule has 17 heavy (non-hydrogen) atoms. The first-order valence-corrected chi connectivity index (χ1v) is 6.88. The van der Waals surface area contributed by atoms with Crippen molar-refractivity contribution in [3.05, 3.63) is 18.2 Å². The fraction of sp³-hybridized carbons (Fsp3) is 0.786. The van der Waals surface area contributed by atoms with Gasteiger partial charge >= 0.3 is 0 Å². The molecule has 2 N–H and O–H groups in total. The van der Waals surface area contributed by atoms with Crippen molar-refractivity contribution in [3.63, 3.8) is 0 Å². The predicted octanol–water partition coefficient (Wildman–Crippen LogP) is 2.29. The maximum atomic E-state index is 6.24. The quantitative estimate of drug-likeness (QED) is 0.848. The van der Waals surface area contributed by atoms with Crippen molar-refractivity contribution in [2.75, 3.05) is 0 Å². The number of aromatic nitrogens is 2. The number of hydrogen-bond donors (Lipinski definition) is 1. The lowest BCUT2D eigenvalue weighted by molar-refractivity contribution is 0.419. The van der Waals surface area contributed by atoms with Gasteiger partial charge in [0.05, 0.1) is 17.6 Å². The molecule has 3 nitrogen and oxygen atoms in total. The Hall–Kier alpha value is -0.830. The van der Waals surface area contributed by atoms with Crippen LogP contribution in [-0.4, -0.2) is 9.55 Å². The number of fused-ring (bicyclic) bond motifs is 5. The van der Waals surface area contributed by atoms with Gasteiger partial charge in [0, 0.05) is 12.2 Å². The smallest absolute Gasteiger partial charge is 0.0951 e. The van der Waals surface area contributed by atoms with E-state index in [0.717, 1.165) is 29.7 Å². The molecule has 0 radical (unpaired) electrons. The number of imidazole rings is 1. The van der Waals surface area contributed by atoms with Gasteiger partial charge in [-0.05, 0) is 56.8 Å². The van der Waals surface area contributed by atoms with Crippen molar-refractivity contribution in [2.45, 2.75) is 44.7 Å². The van der Waals surface area contributed by atoms with Gasteiger partial charge in [-0.3, -0.25) is 0 Å². The molecule has 3 aliphatic rings. The third-order valence-corrected chi connectivity index (χ3v) is 5.34. The molecular formula is C14H21N3. The second-order valence-electron chi connectivity index (χ2n) is 6.89. The number of nitrogens with zero attached hydrogens (tertiary/aromatic N) is 2. The molecule has 3 saturated carbocycles. The van der Waals surface area contributed by atoms with Crippen molar-refractivity contribution in [2.24, 2.45) is 29.4 Å². The molecule has 0 spiro atoms. The summed E-state index contributed by atoms with van der Waals surface area (Å²) >= 11 is 0. The van der Waals surface area contributed by atoms with Crippen LogP contribution in [0.2, 0.25) is 0 Å². The Bertz CT molecular complexity index is 440. The van der Waals surface area contributed by atoms with E-state index in [0.29, 0.717) is 0 Å². The highest BCUT2D eigenvalue weighted by atomic mass is 15.2. The van der Waals surface area contributed by atoms with Crippen LogP contribution in [-0.2, 0) is 5.54 Å². The summed E-state index contributed by atoms with van der Waals surface area (Å²) in [6.45, 7) is 4.15. The summed E-state index contributed by atoms with van der Waals surface area (Å²) in [5.74, 6) is 3.91. The van der Waals surface area contributed by atoms with Crippen molar-refractivity contribution in [1.82, 2.24) is 9.55 Å². The van der Waals surface area contributed by atoms with Gasteiger partial charge in [0.15, 0.2) is 0 Å². The Kier molecular flexibility index (Phi) is 1.75. The van der Waals surface area contributed by atoms with E-state index in [1.807, 2.05) is 12.5 Å². The van der Waals surface area contributed by atoms with Crippen molar-refractivity contribution in [1.29, 1.82) is 0 Å². The van der Waals surface area contributed by atoms with E-state index in [9.17, 15) is 0 Å². The molecule has 0 saturated heterocycles. The van der Waals surface area contributed by atoms with E-state index in [4.69, 9.17) is 5.73 Å². The van der Waals surface area contributed by atoms with Gasteiger partial charge in [-0.1, -0.05) is 0 Å². The molecule has 0 amide bonds. The van der Waals surface area contributed by atoms with Gasteiger partial charge in [-0.25, -0.2) is 4.98 Å². The largest absolute Gasteiger partial charge is 0.329 e. The van der Waals surface area contributed by atoms with Crippen molar-refractivity contribution in [3.8, 4) is 0 Å². The second kappa shape index (κ2) is 2.94. The van der Waals surface area contributed by atoms with Crippen LogP contribution in [0.15, 0.2) is 12.5 Å². The lowest BCUT2D eigenvalue weighted by Crippen LogP contribution is -2.31. The van der Waals surface area contributed by atoms with E-state index >= 15 is 0 Å². The molecule has 1 aromatic rings. The topological polar surface area (TPSA) is 43.8 Å². The Morgan fingerprint density at radius 2 is 1.94 bits per heavy atom. The summed E-state index contributed by atoms with van der Waals surface area (Å²) < 4.78 is 2.39. The van der Waals surface area contributed by atoms with Crippen LogP contribution in [0, 0.1) is 23.7 Å². The Balaban J connectivity index is 1.68. The van der Waals surface area contributed by atoms with Gasteiger partial charge in [-0.15, -0.1) is 0 Å². The third kappa shape index (κ3) is 1.23. The summed E-state index contributed by atoms with van der Waals surface area (Å²) in [6, 6.07) is 0.724. The SMILES string of the molecule is CC(C)(N)c1cncn1C1C2C3CCC(C3)C21. The summed E-state index contributed by atoms with van der Waals surface area (Å²) in [6.07, 6.45) is 8.40. The molecule has 0 aromatic carbocycles. The Labute approximate surface area is 102 Å². The van der Waals surface area contributed by atoms with Gasteiger partial charge in [0.25, 0.3) is 0 Å². The molecule has 4 unspecified atom stereocenters. The van der Waals surface area contributed by atoms with Crippen LogP contribution in [0.3, 0.4) is 0 Å². The zero-order valence-corrected chi connectivity index (χ0v) is 10.6. The third-order valence-electron chi connectivity index (χ3n) is 5.34. The van der Waals surface area contributed by atoms with E-state index in [2.05, 4.69) is 23.4 Å². The molecular weight excluding hydrogens is 210 g/mol. The van der Waals surface area contributed by atoms with E-state index in [1.54, 1.807) is 0 Å². The lowest BCUT2D eigenvalue weighted by atomic mass is 10.0. The minimum absolute atomic E-state index is 0.271. The van der Waals surface area contributed by atoms with Crippen LogP contribution < -0.4 is 5.73 Å². The average molecular weight is 231 g/mol. The summed E-state index contributed by atoms with van der Waals surface area (Å²) in [5.41, 5.74) is 7.18. The molecule has 3 aliphatic carbocycles. The molecule has 3 heteroatoms. The van der Waals surface area contributed by atoms with Crippen LogP contribution in [0.5, 0.6) is 0 Å². The first-order valence-electron chi connectivity index (χ1n) is 6.88. The zero-order valence-electron chi connectivity index (χ0n) is 10.6. The molecule has 3 fully saturated rings. The summed E-state index contributed by atoms with van der Waals surface area (Å²) in [5, 5.41) is 0. The van der Waals surface area contributed by atoms with Crippen LogP contribution in [0.25, 0.3) is 0 Å². The molecule has 4 atom stereocenters. The average Bonchev–Trinajstić information content (AvgIpc) is 2.74. The molecule has 0 aliphatic heterocycles. The van der Waals surface area contributed by atoms with Crippen LogP contribution >= 0.6 is 0 Å². The fourth-order valence-corrected chi connectivity index (χ4v) is 4.69. The first kappa shape index (κ1) is 10.1. The van der Waals surface area contributed by atoms with Crippen molar-refractivity contribution >= 4 is 0 Å². The normalized spacial score (nSPS) is 42.9. The summed E-state index contributed by atoms with van der Waals surface area (Å²) in [7, 11) is 0. The number of nitrogens with two attached hydrogens (primary N) is 1. The highest BCUT2D eigenvalue weighted by Crippen LogP contribution is 2.71. The minimum Gasteiger partial charge on any atom is -0.329 e. The van der Waals surface area contributed by atoms with Crippen molar-refractivity contribution < 1.29 is 0 Å². The Morgan fingerprint density at radius 1 is 1.29 bits per heavy atom. The lowest BCUT2D eigenvalue weighted by Gasteiger charge is -2.22. The van der Waals surface area contributed by atoms with E-state index in [1.165, 1.54) is 25.0 Å². The van der Waals surface area contributed by atoms with E-state index in [-0.39, 0.29) is 5.54 Å². The molecule has 4 rings (SSSR count). The number of rotatable bonds is 2. The van der Waals surface area contributed by atoms with Gasteiger partial charge in [0.2, 0.25) is 0 Å². The fourth-order valence-electron chi connectivity index (χ4n) is 4.69. The van der Waals surface area contributed by atoms with Crippen LogP contribution in [0.4, 0.5) is 0 Å². The number of hydrogen-bond acceptors (Lipinski definition) is 2. The zero-order chi connectivity index (χ0) is 11.8. The minimum atomic E-state index is -0.271. The highest BCUT2D eigenvalue weighted by Gasteiger charge is 2.66. The first-order chi connectivity index (χ1) is 8.07. The van der Waals surface area contributed by atoms with E-state index < -0.39 is 0 Å². The second-order valence-corrected chi connectivity index (χ2v) is 6.89. The van der Waals surface area contributed by atoms with Gasteiger partial charge in [0.1, 0.15) is 0 Å². The highest BCUT2D eigenvalue weighted by molar-refractivity contribution is 5.21. The van der Waals surface area contributed by atoms with Crippen LogP contribution in [0.1, 0.15) is 44.8 Å². The molecule has 92 valence electrons. The predicted molar refractivity (Wildman–Crippen MR) is 66.3 cm³/mol. The molecule has 1 heterocycles. The summed E-state index contributed by atoms with van der Waals surface area (Å²) in [4.78, 5) is 4.33. The maximum absolute atomic E-state index is 6.24.